The van der Waals surface area contributed by atoms with Crippen LogP contribution >= 0.6 is 0 Å². The summed E-state index contributed by atoms with van der Waals surface area (Å²) < 4.78 is 11.0. The van der Waals surface area contributed by atoms with Gasteiger partial charge in [-0.2, -0.15) is 5.10 Å². The third-order valence-corrected chi connectivity index (χ3v) is 7.45. The van der Waals surface area contributed by atoms with E-state index in [2.05, 4.69) is 10.1 Å². The first-order valence-corrected chi connectivity index (χ1v) is 13.5. The Balaban J connectivity index is 1.34. The summed E-state index contributed by atoms with van der Waals surface area (Å²) in [5.41, 5.74) is 4.30. The zero-order chi connectivity index (χ0) is 29.4. The molecule has 214 valence electrons. The normalized spacial score (nSPS) is 16.7. The van der Waals surface area contributed by atoms with E-state index in [0.29, 0.717) is 33.8 Å². The van der Waals surface area contributed by atoms with Crippen LogP contribution < -0.4 is 14.4 Å². The molecule has 1 N–H and O–H groups in total. The highest BCUT2D eigenvalue weighted by Gasteiger charge is 2.36. The summed E-state index contributed by atoms with van der Waals surface area (Å²) in [4.78, 5) is 38.4. The molecular weight excluding hydrogens is 536 g/mol. The van der Waals surface area contributed by atoms with Gasteiger partial charge in [-0.05, 0) is 30.3 Å². The molecule has 0 spiro atoms. The number of hydrogen-bond acceptors (Lipinski definition) is 10. The van der Waals surface area contributed by atoms with E-state index in [1.807, 2.05) is 53.5 Å². The van der Waals surface area contributed by atoms with Crippen LogP contribution in [0.5, 0.6) is 11.5 Å². The maximum atomic E-state index is 13.0. The molecule has 11 heteroatoms. The van der Waals surface area contributed by atoms with Crippen LogP contribution in [0.2, 0.25) is 0 Å². The molecule has 0 aliphatic carbocycles. The van der Waals surface area contributed by atoms with Gasteiger partial charge in [-0.15, -0.1) is 0 Å². The van der Waals surface area contributed by atoms with Crippen molar-refractivity contribution in [2.45, 2.75) is 12.0 Å². The lowest BCUT2D eigenvalue weighted by Gasteiger charge is -2.29. The predicted molar refractivity (Wildman–Crippen MR) is 158 cm³/mol. The van der Waals surface area contributed by atoms with E-state index >= 15 is 0 Å². The number of carbonyl (C=O) groups excluding carboxylic acids is 2. The van der Waals surface area contributed by atoms with Gasteiger partial charge < -0.3 is 19.5 Å². The lowest BCUT2D eigenvalue weighted by atomic mass is 10.1. The smallest absolute Gasteiger partial charge is 0.261 e. The van der Waals surface area contributed by atoms with Gasteiger partial charge in [0.2, 0.25) is 0 Å². The molecule has 1 aromatic heterocycles. The highest BCUT2D eigenvalue weighted by Crippen LogP contribution is 2.34. The van der Waals surface area contributed by atoms with Crippen LogP contribution in [-0.2, 0) is 0 Å². The van der Waals surface area contributed by atoms with E-state index in [9.17, 15) is 14.7 Å². The molecule has 11 nitrogen and oxygen atoms in total. The lowest BCUT2D eigenvalue weighted by Crippen LogP contribution is -2.41. The van der Waals surface area contributed by atoms with Crippen molar-refractivity contribution in [3.63, 3.8) is 0 Å². The summed E-state index contributed by atoms with van der Waals surface area (Å²) >= 11 is 0. The van der Waals surface area contributed by atoms with Crippen molar-refractivity contribution in [3.8, 4) is 11.5 Å². The Morgan fingerprint density at radius 3 is 2.26 bits per heavy atom. The fourth-order valence-electron chi connectivity index (χ4n) is 5.30. The van der Waals surface area contributed by atoms with E-state index in [-0.39, 0.29) is 19.0 Å². The molecule has 0 saturated heterocycles. The number of methoxy groups -OCH3 is 2. The van der Waals surface area contributed by atoms with Gasteiger partial charge in [0.05, 0.1) is 67.2 Å². The number of ether oxygens (including phenoxy) is 2. The molecule has 0 bridgehead atoms. The first-order valence-electron chi connectivity index (χ1n) is 13.5. The zero-order valence-electron chi connectivity index (χ0n) is 23.5. The van der Waals surface area contributed by atoms with E-state index in [1.165, 1.54) is 0 Å². The maximum absolute atomic E-state index is 13.0. The van der Waals surface area contributed by atoms with Gasteiger partial charge in [-0.25, -0.2) is 4.98 Å². The molecule has 3 aromatic carbocycles. The molecule has 0 saturated carbocycles. The number of hydrazone groups is 1. The molecule has 6 rings (SSSR count). The number of β-amino-alcohol motifs (C(OH)–C–C–N with tert-alkyl or cyclic N) is 1. The molecule has 3 heterocycles. The molecule has 0 radical (unpaired) electrons. The number of carbonyl (C=O) groups is 2. The van der Waals surface area contributed by atoms with Crippen LogP contribution in [-0.4, -0.2) is 90.0 Å². The molecule has 0 fully saturated rings. The molecule has 4 aromatic rings. The first kappa shape index (κ1) is 27.2. The Kier molecular flexibility index (Phi) is 7.17. The second-order valence-electron chi connectivity index (χ2n) is 10.3. The Labute approximate surface area is 242 Å². The molecule has 2 aliphatic rings. The molecular formula is C31H30N6O5. The fraction of sp³-hybridized carbons (Fsp3) is 0.258. The number of imide groups is 1. The number of benzene rings is 3. The highest BCUT2D eigenvalue weighted by atomic mass is 16.5. The summed E-state index contributed by atoms with van der Waals surface area (Å²) in [5, 5.41) is 17.5. The maximum Gasteiger partial charge on any atom is 0.261 e. The number of hydrogen-bond donors (Lipinski definition) is 1. The average molecular weight is 567 g/mol. The number of aliphatic hydroxyl groups is 1. The highest BCUT2D eigenvalue weighted by molar-refractivity contribution is 6.21. The Morgan fingerprint density at radius 1 is 0.952 bits per heavy atom. The predicted octanol–water partition coefficient (Wildman–Crippen LogP) is 3.46. The van der Waals surface area contributed by atoms with Crippen LogP contribution in [0.1, 0.15) is 32.3 Å². The summed E-state index contributed by atoms with van der Waals surface area (Å²) in [6, 6.07) is 17.8. The van der Waals surface area contributed by atoms with Crippen molar-refractivity contribution < 1.29 is 24.2 Å². The van der Waals surface area contributed by atoms with Gasteiger partial charge in [-0.3, -0.25) is 24.5 Å². The van der Waals surface area contributed by atoms with Gasteiger partial charge in [-0.1, -0.05) is 12.1 Å². The second kappa shape index (κ2) is 11.1. The van der Waals surface area contributed by atoms with Gasteiger partial charge in [0.25, 0.3) is 11.8 Å². The standard InChI is InChI=1S/C31H30N6O5/c1-35-16-19(14-33-35)29-15-32-27-9-8-20(12-28(27)34-29)36(21-10-23(41-2)13-24(11-21)42-3)17-22(38)18-37-30(39)25-6-4-5-7-26(25)31(37)40/h4-15,19,22,38H,16-18H2,1-3H3. The van der Waals surface area contributed by atoms with E-state index in [1.54, 1.807) is 50.7 Å². The number of fused-ring (bicyclic) bond motifs is 2. The Hall–Kier alpha value is -5.03. The minimum absolute atomic E-state index is 0.0378. The third-order valence-electron chi connectivity index (χ3n) is 7.45. The zero-order valence-corrected chi connectivity index (χ0v) is 23.5. The van der Waals surface area contributed by atoms with E-state index in [4.69, 9.17) is 14.5 Å². The minimum atomic E-state index is -1.08. The topological polar surface area (TPSA) is 121 Å². The van der Waals surface area contributed by atoms with E-state index < -0.39 is 17.9 Å². The first-order chi connectivity index (χ1) is 20.3. The molecule has 2 atom stereocenters. The van der Waals surface area contributed by atoms with Crippen molar-refractivity contribution in [1.29, 1.82) is 0 Å². The number of aliphatic hydroxyl groups excluding tert-OH is 1. The fourth-order valence-corrected chi connectivity index (χ4v) is 5.30. The van der Waals surface area contributed by atoms with Gasteiger partial charge in [0.15, 0.2) is 0 Å². The van der Waals surface area contributed by atoms with Crippen molar-refractivity contribution in [2.75, 3.05) is 45.8 Å². The summed E-state index contributed by atoms with van der Waals surface area (Å²) in [6.45, 7) is 0.609. The summed E-state index contributed by atoms with van der Waals surface area (Å²) in [5.74, 6) is 0.335. The number of likely N-dealkylation sites (N-methyl/N-ethyl adjacent to an activating group) is 1. The lowest BCUT2D eigenvalue weighted by molar-refractivity contribution is 0.0553. The number of nitrogens with zero attached hydrogens (tertiary/aromatic N) is 6. The Morgan fingerprint density at radius 2 is 1.64 bits per heavy atom. The van der Waals surface area contributed by atoms with E-state index in [0.717, 1.165) is 28.3 Å². The second-order valence-corrected chi connectivity index (χ2v) is 10.3. The van der Waals surface area contributed by atoms with Gasteiger partial charge in [0.1, 0.15) is 11.5 Å². The number of anilines is 2. The number of aromatic nitrogens is 2. The average Bonchev–Trinajstić information content (AvgIpc) is 3.56. The largest absolute Gasteiger partial charge is 0.497 e. The van der Waals surface area contributed by atoms with Crippen LogP contribution in [0.4, 0.5) is 11.4 Å². The van der Waals surface area contributed by atoms with Crippen molar-refractivity contribution in [2.24, 2.45) is 5.10 Å². The van der Waals surface area contributed by atoms with Crippen LogP contribution in [0.15, 0.2) is 72.0 Å². The Bertz CT molecular complexity index is 1650. The summed E-state index contributed by atoms with van der Waals surface area (Å²) in [6.07, 6.45) is 2.56. The molecule has 2 amide bonds. The molecule has 42 heavy (non-hydrogen) atoms. The quantitative estimate of drug-likeness (QED) is 0.304. The third kappa shape index (κ3) is 5.10. The SMILES string of the molecule is COc1cc(OC)cc(N(CC(O)CN2C(=O)c3ccccc3C2=O)c2ccc3ncc(C4C=NN(C)C4)nc3c2)c1. The van der Waals surface area contributed by atoms with Crippen molar-refractivity contribution in [3.05, 3.63) is 83.7 Å². The van der Waals surface area contributed by atoms with Crippen LogP contribution in [0.25, 0.3) is 11.0 Å². The minimum Gasteiger partial charge on any atom is -0.497 e. The van der Waals surface area contributed by atoms with Crippen molar-refractivity contribution >= 4 is 40.4 Å². The molecule has 2 unspecified atom stereocenters. The van der Waals surface area contributed by atoms with Gasteiger partial charge >= 0.3 is 0 Å². The monoisotopic (exact) mass is 566 g/mol. The number of rotatable bonds is 9. The van der Waals surface area contributed by atoms with Crippen molar-refractivity contribution in [1.82, 2.24) is 19.9 Å². The van der Waals surface area contributed by atoms with Gasteiger partial charge in [0, 0.05) is 55.6 Å². The summed E-state index contributed by atoms with van der Waals surface area (Å²) in [7, 11) is 5.05. The molecule has 2 aliphatic heterocycles. The number of amides is 2. The van der Waals surface area contributed by atoms with Crippen LogP contribution in [0.3, 0.4) is 0 Å². The van der Waals surface area contributed by atoms with Crippen LogP contribution in [0, 0.1) is 0 Å².